The van der Waals surface area contributed by atoms with Gasteiger partial charge < -0.3 is 15.0 Å². The Morgan fingerprint density at radius 1 is 1.33 bits per heavy atom. The van der Waals surface area contributed by atoms with E-state index in [1.54, 1.807) is 6.33 Å². The molecule has 0 atom stereocenters. The first-order chi connectivity index (χ1) is 10.2. The number of nitrogens with zero attached hydrogens (tertiary/aromatic N) is 3. The molecule has 5 heteroatoms. The van der Waals surface area contributed by atoms with Crippen molar-refractivity contribution in [3.05, 3.63) is 12.4 Å². The molecule has 1 aromatic heterocycles. The first-order valence-corrected chi connectivity index (χ1v) is 8.13. The van der Waals surface area contributed by atoms with Gasteiger partial charge in [-0.1, -0.05) is 6.92 Å². The molecule has 2 heterocycles. The van der Waals surface area contributed by atoms with E-state index in [9.17, 15) is 0 Å². The normalized spacial score (nSPS) is 16.2. The van der Waals surface area contributed by atoms with E-state index in [4.69, 9.17) is 4.74 Å². The third-order valence-corrected chi connectivity index (χ3v) is 3.74. The lowest BCUT2D eigenvalue weighted by atomic mass is 9.97. The van der Waals surface area contributed by atoms with Crippen LogP contribution in [0.3, 0.4) is 0 Å². The molecule has 1 aromatic rings. The third kappa shape index (κ3) is 5.16. The van der Waals surface area contributed by atoms with Crippen molar-refractivity contribution >= 4 is 5.82 Å². The zero-order valence-corrected chi connectivity index (χ0v) is 13.5. The Labute approximate surface area is 128 Å². The average Bonchev–Trinajstić information content (AvgIpc) is 2.47. The number of hydrogen-bond donors (Lipinski definition) is 1. The Bertz CT molecular complexity index is 418. The highest BCUT2D eigenvalue weighted by Crippen LogP contribution is 2.21. The van der Waals surface area contributed by atoms with Crippen molar-refractivity contribution in [2.75, 3.05) is 31.1 Å². The summed E-state index contributed by atoms with van der Waals surface area (Å²) in [6, 6.07) is 1.97. The average molecular weight is 292 g/mol. The minimum Gasteiger partial charge on any atom is -0.475 e. The SMILES string of the molecule is CCCN(CC1CCNCC1)c1cc(OC(C)C)ncn1. The van der Waals surface area contributed by atoms with Crippen molar-refractivity contribution in [1.82, 2.24) is 15.3 Å². The molecule has 1 saturated heterocycles. The van der Waals surface area contributed by atoms with Gasteiger partial charge in [-0.05, 0) is 52.1 Å². The Hall–Kier alpha value is -1.36. The van der Waals surface area contributed by atoms with Crippen molar-refractivity contribution in [2.45, 2.75) is 46.1 Å². The first kappa shape index (κ1) is 16.0. The zero-order valence-electron chi connectivity index (χ0n) is 13.5. The molecule has 0 bridgehead atoms. The maximum Gasteiger partial charge on any atom is 0.218 e. The van der Waals surface area contributed by atoms with E-state index < -0.39 is 0 Å². The Balaban J connectivity index is 2.05. The number of anilines is 1. The number of rotatable bonds is 7. The number of nitrogens with one attached hydrogen (secondary N) is 1. The summed E-state index contributed by atoms with van der Waals surface area (Å²) in [7, 11) is 0. The highest BCUT2D eigenvalue weighted by atomic mass is 16.5. The summed E-state index contributed by atoms with van der Waals surface area (Å²) >= 11 is 0. The van der Waals surface area contributed by atoms with Crippen molar-refractivity contribution in [1.29, 1.82) is 0 Å². The highest BCUT2D eigenvalue weighted by Gasteiger charge is 2.18. The van der Waals surface area contributed by atoms with Crippen LogP contribution in [0.4, 0.5) is 5.82 Å². The van der Waals surface area contributed by atoms with Crippen molar-refractivity contribution < 1.29 is 4.74 Å². The second-order valence-electron chi connectivity index (χ2n) is 6.02. The molecule has 118 valence electrons. The molecule has 0 saturated carbocycles. The molecule has 1 fully saturated rings. The first-order valence-electron chi connectivity index (χ1n) is 8.13. The van der Waals surface area contributed by atoms with Gasteiger partial charge in [-0.25, -0.2) is 9.97 Å². The van der Waals surface area contributed by atoms with Crippen LogP contribution in [0.5, 0.6) is 5.88 Å². The molecule has 5 nitrogen and oxygen atoms in total. The van der Waals surface area contributed by atoms with Crippen molar-refractivity contribution in [3.8, 4) is 5.88 Å². The van der Waals surface area contributed by atoms with Crippen molar-refractivity contribution in [2.24, 2.45) is 5.92 Å². The Morgan fingerprint density at radius 2 is 2.10 bits per heavy atom. The summed E-state index contributed by atoms with van der Waals surface area (Å²) in [6.07, 6.45) is 5.37. The summed E-state index contributed by atoms with van der Waals surface area (Å²) in [5.41, 5.74) is 0. The van der Waals surface area contributed by atoms with E-state index in [0.717, 1.165) is 44.3 Å². The van der Waals surface area contributed by atoms with E-state index in [-0.39, 0.29) is 6.10 Å². The molecular weight excluding hydrogens is 264 g/mol. The predicted octanol–water partition coefficient (Wildman–Crippen LogP) is 2.48. The molecule has 0 radical (unpaired) electrons. The topological polar surface area (TPSA) is 50.3 Å². The molecule has 0 unspecified atom stereocenters. The zero-order chi connectivity index (χ0) is 15.1. The maximum atomic E-state index is 5.69. The minimum atomic E-state index is 0.136. The molecule has 2 rings (SSSR count). The van der Waals surface area contributed by atoms with Gasteiger partial charge in [-0.3, -0.25) is 0 Å². The number of aromatic nitrogens is 2. The highest BCUT2D eigenvalue weighted by molar-refractivity contribution is 5.40. The summed E-state index contributed by atoms with van der Waals surface area (Å²) in [5, 5.41) is 3.43. The van der Waals surface area contributed by atoms with E-state index in [0.29, 0.717) is 5.88 Å². The van der Waals surface area contributed by atoms with Crippen LogP contribution in [0, 0.1) is 5.92 Å². The second-order valence-corrected chi connectivity index (χ2v) is 6.02. The smallest absolute Gasteiger partial charge is 0.218 e. The Morgan fingerprint density at radius 3 is 2.76 bits per heavy atom. The second kappa shape index (κ2) is 8.17. The van der Waals surface area contributed by atoms with Crippen LogP contribution >= 0.6 is 0 Å². The summed E-state index contributed by atoms with van der Waals surface area (Å²) in [4.78, 5) is 11.0. The van der Waals surface area contributed by atoms with Gasteiger partial charge in [0.1, 0.15) is 12.1 Å². The van der Waals surface area contributed by atoms with Gasteiger partial charge in [0, 0.05) is 19.2 Å². The Kier molecular flexibility index (Phi) is 6.23. The number of ether oxygens (including phenoxy) is 1. The lowest BCUT2D eigenvalue weighted by molar-refractivity contribution is 0.232. The largest absolute Gasteiger partial charge is 0.475 e. The van der Waals surface area contributed by atoms with Gasteiger partial charge >= 0.3 is 0 Å². The monoisotopic (exact) mass is 292 g/mol. The van der Waals surface area contributed by atoms with Gasteiger partial charge in [0.15, 0.2) is 0 Å². The maximum absolute atomic E-state index is 5.69. The van der Waals surface area contributed by atoms with Crippen LogP contribution in [-0.2, 0) is 0 Å². The molecule has 1 N–H and O–H groups in total. The lowest BCUT2D eigenvalue weighted by Gasteiger charge is -2.30. The molecule has 0 aromatic carbocycles. The van der Waals surface area contributed by atoms with E-state index >= 15 is 0 Å². The minimum absolute atomic E-state index is 0.136. The third-order valence-electron chi connectivity index (χ3n) is 3.74. The summed E-state index contributed by atoms with van der Waals surface area (Å²) < 4.78 is 5.69. The predicted molar refractivity (Wildman–Crippen MR) is 85.9 cm³/mol. The molecule has 0 amide bonds. The number of piperidine rings is 1. The summed E-state index contributed by atoms with van der Waals surface area (Å²) in [6.45, 7) is 10.6. The van der Waals surface area contributed by atoms with Gasteiger partial charge in [-0.15, -0.1) is 0 Å². The fourth-order valence-corrected chi connectivity index (χ4v) is 2.75. The molecular formula is C16H28N4O. The fraction of sp³-hybridized carbons (Fsp3) is 0.750. The van der Waals surface area contributed by atoms with Gasteiger partial charge in [0.2, 0.25) is 5.88 Å². The van der Waals surface area contributed by atoms with Crippen LogP contribution in [-0.4, -0.2) is 42.3 Å². The van der Waals surface area contributed by atoms with Crippen molar-refractivity contribution in [3.63, 3.8) is 0 Å². The number of hydrogen-bond acceptors (Lipinski definition) is 5. The molecule has 1 aliphatic heterocycles. The van der Waals surface area contributed by atoms with E-state index in [1.165, 1.54) is 12.8 Å². The standard InChI is InChI=1S/C16H28N4O/c1-4-9-20(11-14-5-7-17-8-6-14)15-10-16(19-12-18-15)21-13(2)3/h10,12-14,17H,4-9,11H2,1-3H3. The van der Waals surface area contributed by atoms with Gasteiger partial charge in [-0.2, -0.15) is 0 Å². The van der Waals surface area contributed by atoms with E-state index in [1.807, 2.05) is 19.9 Å². The van der Waals surface area contributed by atoms with Crippen LogP contribution in [0.2, 0.25) is 0 Å². The molecule has 0 aliphatic carbocycles. The van der Waals surface area contributed by atoms with E-state index in [2.05, 4.69) is 27.1 Å². The summed E-state index contributed by atoms with van der Waals surface area (Å²) in [5.74, 6) is 2.41. The quantitative estimate of drug-likeness (QED) is 0.836. The lowest BCUT2D eigenvalue weighted by Crippen LogP contribution is -2.37. The van der Waals surface area contributed by atoms with Crippen LogP contribution in [0.1, 0.15) is 40.0 Å². The molecule has 21 heavy (non-hydrogen) atoms. The molecule has 0 spiro atoms. The van der Waals surface area contributed by atoms with Crippen LogP contribution in [0.25, 0.3) is 0 Å². The fourth-order valence-electron chi connectivity index (χ4n) is 2.75. The molecule has 1 aliphatic rings. The van der Waals surface area contributed by atoms with Crippen LogP contribution in [0.15, 0.2) is 12.4 Å². The van der Waals surface area contributed by atoms with Crippen LogP contribution < -0.4 is 15.0 Å². The van der Waals surface area contributed by atoms with Gasteiger partial charge in [0.05, 0.1) is 6.10 Å². The van der Waals surface area contributed by atoms with Gasteiger partial charge in [0.25, 0.3) is 0 Å².